The summed E-state index contributed by atoms with van der Waals surface area (Å²) >= 11 is 0. The van der Waals surface area contributed by atoms with E-state index in [-0.39, 0.29) is 11.1 Å². The third kappa shape index (κ3) is 2.90. The van der Waals surface area contributed by atoms with Gasteiger partial charge in [-0.25, -0.2) is 0 Å². The lowest BCUT2D eigenvalue weighted by Crippen LogP contribution is -2.10. The van der Waals surface area contributed by atoms with E-state index in [1.165, 1.54) is 6.20 Å². The van der Waals surface area contributed by atoms with Crippen LogP contribution in [0.25, 0.3) is 12.2 Å². The zero-order chi connectivity index (χ0) is 13.7. The molecule has 0 fully saturated rings. The van der Waals surface area contributed by atoms with Gasteiger partial charge in [-0.3, -0.25) is 4.79 Å². The molecule has 1 heterocycles. The lowest BCUT2D eigenvalue weighted by Gasteiger charge is -1.99. The van der Waals surface area contributed by atoms with Crippen LogP contribution in [0, 0.1) is 11.3 Å². The number of aromatic amines is 1. The van der Waals surface area contributed by atoms with E-state index in [4.69, 9.17) is 10.00 Å². The molecule has 94 valence electrons. The zero-order valence-electron chi connectivity index (χ0n) is 10.4. The van der Waals surface area contributed by atoms with Gasteiger partial charge in [0.15, 0.2) is 0 Å². The van der Waals surface area contributed by atoms with Gasteiger partial charge >= 0.3 is 0 Å². The van der Waals surface area contributed by atoms with Gasteiger partial charge in [-0.15, -0.1) is 0 Å². The minimum absolute atomic E-state index is 0.118. The second kappa shape index (κ2) is 5.69. The lowest BCUT2D eigenvalue weighted by atomic mass is 10.1. The maximum Gasteiger partial charge on any atom is 0.266 e. The number of nitrogens with zero attached hydrogens (tertiary/aromatic N) is 1. The first-order valence-corrected chi connectivity index (χ1v) is 5.68. The summed E-state index contributed by atoms with van der Waals surface area (Å²) in [6.45, 7) is 0. The van der Waals surface area contributed by atoms with Crippen LogP contribution in [-0.4, -0.2) is 12.1 Å². The molecule has 0 saturated heterocycles. The minimum atomic E-state index is -0.376. The van der Waals surface area contributed by atoms with E-state index in [1.54, 1.807) is 19.3 Å². The Hall–Kier alpha value is -2.80. The van der Waals surface area contributed by atoms with Crippen LogP contribution in [0.1, 0.15) is 16.7 Å². The molecule has 2 aromatic rings. The monoisotopic (exact) mass is 252 g/mol. The second-order valence-electron chi connectivity index (χ2n) is 3.86. The summed E-state index contributed by atoms with van der Waals surface area (Å²) in [7, 11) is 1.61. The molecule has 0 aliphatic carbocycles. The van der Waals surface area contributed by atoms with Crippen LogP contribution in [0.2, 0.25) is 0 Å². The van der Waals surface area contributed by atoms with Crippen LogP contribution in [-0.2, 0) is 0 Å². The van der Waals surface area contributed by atoms with Crippen molar-refractivity contribution in [2.45, 2.75) is 0 Å². The summed E-state index contributed by atoms with van der Waals surface area (Å²) in [6.07, 6.45) is 5.11. The van der Waals surface area contributed by atoms with Crippen LogP contribution >= 0.6 is 0 Å². The SMILES string of the molecule is COc1ccc(/C=C/c2cc[nH]c(=O)c2C#N)cc1. The molecule has 1 aromatic heterocycles. The van der Waals surface area contributed by atoms with Gasteiger partial charge in [0.2, 0.25) is 0 Å². The van der Waals surface area contributed by atoms with Gasteiger partial charge in [-0.2, -0.15) is 5.26 Å². The molecule has 1 N–H and O–H groups in total. The average Bonchev–Trinajstić information content (AvgIpc) is 2.45. The molecule has 4 heteroatoms. The smallest absolute Gasteiger partial charge is 0.266 e. The number of rotatable bonds is 3. The van der Waals surface area contributed by atoms with Crippen LogP contribution in [0.4, 0.5) is 0 Å². The molecule has 4 nitrogen and oxygen atoms in total. The van der Waals surface area contributed by atoms with Gasteiger partial charge < -0.3 is 9.72 Å². The number of nitrogens with one attached hydrogen (secondary N) is 1. The predicted molar refractivity (Wildman–Crippen MR) is 73.7 cm³/mol. The van der Waals surface area contributed by atoms with Crippen molar-refractivity contribution in [2.75, 3.05) is 7.11 Å². The fourth-order valence-corrected chi connectivity index (χ4v) is 1.65. The van der Waals surface area contributed by atoms with Crippen molar-refractivity contribution in [1.82, 2.24) is 4.98 Å². The van der Waals surface area contributed by atoms with Crippen molar-refractivity contribution in [2.24, 2.45) is 0 Å². The highest BCUT2D eigenvalue weighted by molar-refractivity contribution is 5.72. The molecule has 0 radical (unpaired) electrons. The van der Waals surface area contributed by atoms with Gasteiger partial charge in [0.25, 0.3) is 5.56 Å². The van der Waals surface area contributed by atoms with Crippen molar-refractivity contribution >= 4 is 12.2 Å². The predicted octanol–water partition coefficient (Wildman–Crippen LogP) is 2.43. The third-order valence-corrected chi connectivity index (χ3v) is 2.68. The van der Waals surface area contributed by atoms with Gasteiger partial charge in [0.1, 0.15) is 17.4 Å². The van der Waals surface area contributed by atoms with Crippen LogP contribution in [0.5, 0.6) is 5.75 Å². The Morgan fingerprint density at radius 3 is 2.58 bits per heavy atom. The maximum atomic E-state index is 11.4. The molecule has 2 rings (SSSR count). The van der Waals surface area contributed by atoms with Gasteiger partial charge in [-0.1, -0.05) is 24.3 Å². The number of aromatic nitrogens is 1. The van der Waals surface area contributed by atoms with Crippen LogP contribution in [0.15, 0.2) is 41.3 Å². The van der Waals surface area contributed by atoms with E-state index in [0.717, 1.165) is 11.3 Å². The fraction of sp³-hybridized carbons (Fsp3) is 0.0667. The number of hydrogen-bond acceptors (Lipinski definition) is 3. The Kier molecular flexibility index (Phi) is 3.79. The Morgan fingerprint density at radius 2 is 1.95 bits per heavy atom. The number of methoxy groups -OCH3 is 1. The summed E-state index contributed by atoms with van der Waals surface area (Å²) < 4.78 is 5.07. The molecule has 0 bridgehead atoms. The average molecular weight is 252 g/mol. The molecule has 0 aliphatic heterocycles. The van der Waals surface area contributed by atoms with E-state index in [2.05, 4.69) is 4.98 Å². The molecule has 0 aliphatic rings. The van der Waals surface area contributed by atoms with E-state index in [9.17, 15) is 4.79 Å². The molecular formula is C15H12N2O2. The standard InChI is InChI=1S/C15H12N2O2/c1-19-13-6-3-11(4-7-13)2-5-12-8-9-17-15(18)14(12)10-16/h2-9H,1H3,(H,17,18)/b5-2+. The number of hydrogen-bond donors (Lipinski definition) is 1. The van der Waals surface area contributed by atoms with E-state index < -0.39 is 0 Å². The van der Waals surface area contributed by atoms with Crippen molar-refractivity contribution in [1.29, 1.82) is 5.26 Å². The van der Waals surface area contributed by atoms with E-state index in [0.29, 0.717) is 5.56 Å². The quantitative estimate of drug-likeness (QED) is 0.912. The molecule has 0 saturated carbocycles. The van der Waals surface area contributed by atoms with E-state index >= 15 is 0 Å². The minimum Gasteiger partial charge on any atom is -0.497 e. The molecule has 0 unspecified atom stereocenters. The number of ether oxygens (including phenoxy) is 1. The Bertz CT molecular complexity index is 691. The third-order valence-electron chi connectivity index (χ3n) is 2.68. The fourth-order valence-electron chi connectivity index (χ4n) is 1.65. The highest BCUT2D eigenvalue weighted by Crippen LogP contribution is 2.14. The largest absolute Gasteiger partial charge is 0.497 e. The summed E-state index contributed by atoms with van der Waals surface area (Å²) in [6, 6.07) is 11.1. The van der Waals surface area contributed by atoms with Crippen LogP contribution < -0.4 is 10.3 Å². The molecule has 19 heavy (non-hydrogen) atoms. The Morgan fingerprint density at radius 1 is 1.21 bits per heavy atom. The number of benzene rings is 1. The maximum absolute atomic E-state index is 11.4. The van der Waals surface area contributed by atoms with Crippen molar-refractivity contribution < 1.29 is 4.74 Å². The molecule has 0 spiro atoms. The molecule has 0 amide bonds. The van der Waals surface area contributed by atoms with Crippen molar-refractivity contribution in [3.05, 3.63) is 63.6 Å². The van der Waals surface area contributed by atoms with Crippen LogP contribution in [0.3, 0.4) is 0 Å². The van der Waals surface area contributed by atoms with Gasteiger partial charge in [-0.05, 0) is 29.3 Å². The lowest BCUT2D eigenvalue weighted by molar-refractivity contribution is 0.415. The normalized spacial score (nSPS) is 10.3. The first-order chi connectivity index (χ1) is 9.24. The summed E-state index contributed by atoms with van der Waals surface area (Å²) in [5, 5.41) is 8.94. The summed E-state index contributed by atoms with van der Waals surface area (Å²) in [5.41, 5.74) is 1.30. The summed E-state index contributed by atoms with van der Waals surface area (Å²) in [5.74, 6) is 0.783. The zero-order valence-corrected chi connectivity index (χ0v) is 10.4. The van der Waals surface area contributed by atoms with Crippen molar-refractivity contribution in [3.63, 3.8) is 0 Å². The van der Waals surface area contributed by atoms with Gasteiger partial charge in [0.05, 0.1) is 7.11 Å². The van der Waals surface area contributed by atoms with Crippen molar-refractivity contribution in [3.8, 4) is 11.8 Å². The molecule has 0 atom stereocenters. The molecule has 1 aromatic carbocycles. The Balaban J connectivity index is 2.30. The number of pyridine rings is 1. The highest BCUT2D eigenvalue weighted by atomic mass is 16.5. The highest BCUT2D eigenvalue weighted by Gasteiger charge is 2.02. The second-order valence-corrected chi connectivity index (χ2v) is 3.86. The first kappa shape index (κ1) is 12.7. The molecular weight excluding hydrogens is 240 g/mol. The number of H-pyrrole nitrogens is 1. The Labute approximate surface area is 110 Å². The van der Waals surface area contributed by atoms with E-state index in [1.807, 2.05) is 36.4 Å². The topological polar surface area (TPSA) is 65.9 Å². The van der Waals surface area contributed by atoms with Gasteiger partial charge in [0, 0.05) is 6.20 Å². The first-order valence-electron chi connectivity index (χ1n) is 5.68. The summed E-state index contributed by atoms with van der Waals surface area (Å²) in [4.78, 5) is 13.9. The number of nitriles is 1.